The largest absolute Gasteiger partial charge is 0.495 e. The minimum atomic E-state index is -0.216. The highest BCUT2D eigenvalue weighted by Crippen LogP contribution is 2.30. The van der Waals surface area contributed by atoms with Crippen molar-refractivity contribution in [2.24, 2.45) is 5.41 Å². The molecule has 1 aromatic rings. The lowest BCUT2D eigenvalue weighted by Crippen LogP contribution is -2.53. The molecule has 22 heavy (non-hydrogen) atoms. The summed E-state index contributed by atoms with van der Waals surface area (Å²) in [5.74, 6) is 1.20. The number of carbonyl (C=O) groups excluding carboxylic acids is 1. The lowest BCUT2D eigenvalue weighted by molar-refractivity contribution is -0.140. The van der Waals surface area contributed by atoms with Gasteiger partial charge in [0.15, 0.2) is 0 Å². The second kappa shape index (κ2) is 6.16. The Kier molecular flexibility index (Phi) is 4.25. The molecule has 0 saturated carbocycles. The molecule has 120 valence electrons. The van der Waals surface area contributed by atoms with E-state index >= 15 is 0 Å². The smallest absolute Gasteiger partial charge is 0.229 e. The van der Waals surface area contributed by atoms with Crippen LogP contribution in [0.1, 0.15) is 13.3 Å². The van der Waals surface area contributed by atoms with Crippen LogP contribution in [0, 0.1) is 5.41 Å². The molecule has 0 aromatic heterocycles. The van der Waals surface area contributed by atoms with Gasteiger partial charge in [-0.2, -0.15) is 0 Å². The topological polar surface area (TPSA) is 44.8 Å². The van der Waals surface area contributed by atoms with Crippen LogP contribution in [0.4, 0.5) is 5.69 Å². The normalized spacial score (nSPS) is 25.4. The quantitative estimate of drug-likeness (QED) is 0.915. The number of rotatable bonds is 3. The molecule has 0 bridgehead atoms. The van der Waals surface area contributed by atoms with Crippen molar-refractivity contribution in [1.82, 2.24) is 10.2 Å². The lowest BCUT2D eigenvalue weighted by atomic mass is 9.88. The fraction of sp³-hybridized carbons (Fsp3) is 0.588. The summed E-state index contributed by atoms with van der Waals surface area (Å²) in [6, 6.07) is 8.08. The SMILES string of the molecule is COc1ccccc1N1CCN(C(=O)C2(C)CCNC2)CC1. The summed E-state index contributed by atoms with van der Waals surface area (Å²) in [5.41, 5.74) is 0.901. The highest BCUT2D eigenvalue weighted by molar-refractivity contribution is 5.83. The van der Waals surface area contributed by atoms with Crippen molar-refractivity contribution in [3.8, 4) is 5.75 Å². The molecule has 2 aliphatic heterocycles. The summed E-state index contributed by atoms with van der Waals surface area (Å²) in [6.07, 6.45) is 0.943. The van der Waals surface area contributed by atoms with Gasteiger partial charge in [0.25, 0.3) is 0 Å². The van der Waals surface area contributed by atoms with Gasteiger partial charge in [-0.05, 0) is 32.0 Å². The molecule has 1 aromatic carbocycles. The maximum absolute atomic E-state index is 12.7. The second-order valence-electron chi connectivity index (χ2n) is 6.44. The van der Waals surface area contributed by atoms with E-state index in [4.69, 9.17) is 4.74 Å². The maximum atomic E-state index is 12.7. The van der Waals surface area contributed by atoms with Gasteiger partial charge >= 0.3 is 0 Å². The molecule has 0 spiro atoms. The summed E-state index contributed by atoms with van der Waals surface area (Å²) in [4.78, 5) is 17.1. The number of piperazine rings is 1. The Morgan fingerprint density at radius 2 is 1.95 bits per heavy atom. The highest BCUT2D eigenvalue weighted by atomic mass is 16.5. The second-order valence-corrected chi connectivity index (χ2v) is 6.44. The Labute approximate surface area is 132 Å². The van der Waals surface area contributed by atoms with E-state index in [-0.39, 0.29) is 5.41 Å². The number of nitrogens with zero attached hydrogens (tertiary/aromatic N) is 2. The molecule has 0 radical (unpaired) electrons. The lowest BCUT2D eigenvalue weighted by Gasteiger charge is -2.39. The predicted molar refractivity (Wildman–Crippen MR) is 87.4 cm³/mol. The molecular formula is C17H25N3O2. The number of anilines is 1. The van der Waals surface area contributed by atoms with Gasteiger partial charge in [-0.3, -0.25) is 4.79 Å². The molecule has 2 fully saturated rings. The van der Waals surface area contributed by atoms with E-state index in [9.17, 15) is 4.79 Å². The zero-order valence-electron chi connectivity index (χ0n) is 13.5. The van der Waals surface area contributed by atoms with Gasteiger partial charge < -0.3 is 19.9 Å². The van der Waals surface area contributed by atoms with Gasteiger partial charge in [-0.25, -0.2) is 0 Å². The maximum Gasteiger partial charge on any atom is 0.229 e. The molecule has 1 atom stereocenters. The van der Waals surface area contributed by atoms with Crippen LogP contribution in [0.5, 0.6) is 5.75 Å². The van der Waals surface area contributed by atoms with Gasteiger partial charge in [0.05, 0.1) is 18.2 Å². The Morgan fingerprint density at radius 3 is 2.59 bits per heavy atom. The van der Waals surface area contributed by atoms with E-state index in [0.29, 0.717) is 5.91 Å². The summed E-state index contributed by atoms with van der Waals surface area (Å²) in [6.45, 7) is 7.12. The third kappa shape index (κ3) is 2.77. The highest BCUT2D eigenvalue weighted by Gasteiger charge is 2.40. The van der Waals surface area contributed by atoms with Crippen molar-refractivity contribution < 1.29 is 9.53 Å². The third-order valence-corrected chi connectivity index (χ3v) is 4.88. The first-order valence-electron chi connectivity index (χ1n) is 8.02. The molecular weight excluding hydrogens is 278 g/mol. The Morgan fingerprint density at radius 1 is 1.23 bits per heavy atom. The molecule has 2 aliphatic rings. The number of ether oxygens (including phenoxy) is 1. The molecule has 1 unspecified atom stereocenters. The van der Waals surface area contributed by atoms with Crippen molar-refractivity contribution in [1.29, 1.82) is 0 Å². The molecule has 5 heteroatoms. The fourth-order valence-corrected chi connectivity index (χ4v) is 3.42. The number of benzene rings is 1. The summed E-state index contributed by atoms with van der Waals surface area (Å²) >= 11 is 0. The average Bonchev–Trinajstić information content (AvgIpc) is 3.02. The average molecular weight is 303 g/mol. The van der Waals surface area contributed by atoms with Crippen LogP contribution in [0.15, 0.2) is 24.3 Å². The van der Waals surface area contributed by atoms with Gasteiger partial charge in [0, 0.05) is 32.7 Å². The van der Waals surface area contributed by atoms with Crippen molar-refractivity contribution >= 4 is 11.6 Å². The van der Waals surface area contributed by atoms with Crippen LogP contribution < -0.4 is 15.0 Å². The Balaban J connectivity index is 1.64. The number of hydrogen-bond acceptors (Lipinski definition) is 4. The summed E-state index contributed by atoms with van der Waals surface area (Å²) in [5, 5.41) is 3.31. The standard InChI is InChI=1S/C17H25N3O2/c1-17(7-8-18-13-17)16(21)20-11-9-19(10-12-20)14-5-3-4-6-15(14)22-2/h3-6,18H,7-13H2,1-2H3. The molecule has 5 nitrogen and oxygen atoms in total. The Hall–Kier alpha value is -1.75. The van der Waals surface area contributed by atoms with Crippen LogP contribution in [0.3, 0.4) is 0 Å². The van der Waals surface area contributed by atoms with Crippen LogP contribution in [0.2, 0.25) is 0 Å². The number of amides is 1. The molecule has 3 rings (SSSR count). The predicted octanol–water partition coefficient (Wildman–Crippen LogP) is 1.34. The monoisotopic (exact) mass is 303 g/mol. The Bertz CT molecular complexity index is 532. The first-order chi connectivity index (χ1) is 10.6. The van der Waals surface area contributed by atoms with E-state index in [0.717, 1.165) is 57.1 Å². The summed E-state index contributed by atoms with van der Waals surface area (Å²) in [7, 11) is 1.70. The van der Waals surface area contributed by atoms with Gasteiger partial charge in [0.1, 0.15) is 5.75 Å². The summed E-state index contributed by atoms with van der Waals surface area (Å²) < 4.78 is 5.44. The van der Waals surface area contributed by atoms with E-state index in [2.05, 4.69) is 23.2 Å². The number of para-hydroxylation sites is 2. The van der Waals surface area contributed by atoms with Crippen molar-refractivity contribution in [3.63, 3.8) is 0 Å². The van der Waals surface area contributed by atoms with E-state index in [1.54, 1.807) is 7.11 Å². The van der Waals surface area contributed by atoms with Crippen molar-refractivity contribution in [2.45, 2.75) is 13.3 Å². The minimum Gasteiger partial charge on any atom is -0.495 e. The number of hydrogen-bond donors (Lipinski definition) is 1. The van der Waals surface area contributed by atoms with Crippen LogP contribution in [-0.2, 0) is 4.79 Å². The van der Waals surface area contributed by atoms with E-state index < -0.39 is 0 Å². The minimum absolute atomic E-state index is 0.216. The van der Waals surface area contributed by atoms with Crippen molar-refractivity contribution in [3.05, 3.63) is 24.3 Å². The first-order valence-corrected chi connectivity index (χ1v) is 8.02. The molecule has 1 amide bonds. The number of methoxy groups -OCH3 is 1. The van der Waals surface area contributed by atoms with Crippen LogP contribution in [0.25, 0.3) is 0 Å². The molecule has 0 aliphatic carbocycles. The molecule has 1 N–H and O–H groups in total. The molecule has 2 saturated heterocycles. The van der Waals surface area contributed by atoms with Crippen molar-refractivity contribution in [2.75, 3.05) is 51.3 Å². The first kappa shape index (κ1) is 15.2. The van der Waals surface area contributed by atoms with Crippen LogP contribution >= 0.6 is 0 Å². The number of carbonyl (C=O) groups is 1. The third-order valence-electron chi connectivity index (χ3n) is 4.88. The molecule has 2 heterocycles. The zero-order chi connectivity index (χ0) is 15.6. The van der Waals surface area contributed by atoms with Crippen LogP contribution in [-0.4, -0.2) is 57.2 Å². The van der Waals surface area contributed by atoms with E-state index in [1.807, 2.05) is 23.1 Å². The van der Waals surface area contributed by atoms with Gasteiger partial charge in [0.2, 0.25) is 5.91 Å². The van der Waals surface area contributed by atoms with E-state index in [1.165, 1.54) is 0 Å². The number of nitrogens with one attached hydrogen (secondary N) is 1. The van der Waals surface area contributed by atoms with Gasteiger partial charge in [-0.15, -0.1) is 0 Å². The van der Waals surface area contributed by atoms with Gasteiger partial charge in [-0.1, -0.05) is 12.1 Å². The fourth-order valence-electron chi connectivity index (χ4n) is 3.42. The zero-order valence-corrected chi connectivity index (χ0v) is 13.5.